The van der Waals surface area contributed by atoms with Gasteiger partial charge in [0, 0.05) is 5.92 Å². The summed E-state index contributed by atoms with van der Waals surface area (Å²) >= 11 is 0. The van der Waals surface area contributed by atoms with Gasteiger partial charge in [-0.15, -0.1) is 0 Å². The summed E-state index contributed by atoms with van der Waals surface area (Å²) in [5.74, 6) is 2.89. The lowest BCUT2D eigenvalue weighted by Gasteiger charge is -2.37. The van der Waals surface area contributed by atoms with Crippen molar-refractivity contribution < 1.29 is 4.90 Å². The van der Waals surface area contributed by atoms with E-state index in [-0.39, 0.29) is 0 Å². The maximum atomic E-state index is 2.50. The molecular weight excluding hydrogens is 254 g/mol. The van der Waals surface area contributed by atoms with E-state index in [4.69, 9.17) is 0 Å². The summed E-state index contributed by atoms with van der Waals surface area (Å²) in [4.78, 5) is 1.84. The van der Waals surface area contributed by atoms with Gasteiger partial charge >= 0.3 is 0 Å². The van der Waals surface area contributed by atoms with Gasteiger partial charge in [0.15, 0.2) is 0 Å². The predicted octanol–water partition coefficient (Wildman–Crippen LogP) is 4.57. The Morgan fingerprint density at radius 3 is 1.90 bits per heavy atom. The average Bonchev–Trinajstić information content (AvgIpc) is 2.38. The summed E-state index contributed by atoms with van der Waals surface area (Å²) in [5, 5.41) is 0. The monoisotopic (exact) mass is 296 g/mol. The number of quaternary nitrogens is 1. The van der Waals surface area contributed by atoms with Gasteiger partial charge in [-0.2, -0.15) is 0 Å². The molecule has 0 aliphatic heterocycles. The third-order valence-corrected chi connectivity index (χ3v) is 5.65. The molecule has 1 unspecified atom stereocenters. The molecule has 1 aliphatic rings. The molecule has 0 aromatic rings. The van der Waals surface area contributed by atoms with Crippen molar-refractivity contribution in [1.29, 1.82) is 0 Å². The Kier molecular flexibility index (Phi) is 8.31. The third-order valence-electron chi connectivity index (χ3n) is 5.65. The number of nitrogens with one attached hydrogen (secondary N) is 1. The second-order valence-corrected chi connectivity index (χ2v) is 8.88. The van der Waals surface area contributed by atoms with Crippen LogP contribution in [0, 0.1) is 23.2 Å². The van der Waals surface area contributed by atoms with Crippen molar-refractivity contribution in [1.82, 2.24) is 0 Å². The standard InChI is InChI=1S/C20H41N/c1-7-13-21(14-8-2)16-17(3)15-18-9-11-19(12-10-18)20(4,5)6/h17-19H,7-16H2,1-6H3/p+1. The van der Waals surface area contributed by atoms with Crippen molar-refractivity contribution in [2.75, 3.05) is 19.6 Å². The second-order valence-electron chi connectivity index (χ2n) is 8.88. The highest BCUT2D eigenvalue weighted by Crippen LogP contribution is 2.41. The van der Waals surface area contributed by atoms with E-state index in [1.54, 1.807) is 0 Å². The highest BCUT2D eigenvalue weighted by Gasteiger charge is 2.30. The Bertz CT molecular complexity index is 252. The van der Waals surface area contributed by atoms with Crippen LogP contribution in [0.15, 0.2) is 0 Å². The van der Waals surface area contributed by atoms with Crippen LogP contribution in [-0.4, -0.2) is 19.6 Å². The van der Waals surface area contributed by atoms with Crippen molar-refractivity contribution in [2.45, 2.75) is 86.5 Å². The minimum absolute atomic E-state index is 0.528. The Labute approximate surface area is 134 Å². The molecule has 0 spiro atoms. The molecule has 0 saturated heterocycles. The maximum Gasteiger partial charge on any atom is 0.0796 e. The SMILES string of the molecule is CCC[NH+](CCC)CC(C)CC1CCC(C(C)(C)C)CC1. The zero-order valence-electron chi connectivity index (χ0n) is 15.8. The largest absolute Gasteiger partial charge is 0.335 e. The van der Waals surface area contributed by atoms with Crippen molar-refractivity contribution in [2.24, 2.45) is 23.2 Å². The van der Waals surface area contributed by atoms with E-state index < -0.39 is 0 Å². The fourth-order valence-electron chi connectivity index (χ4n) is 4.45. The summed E-state index contributed by atoms with van der Waals surface area (Å²) in [6, 6.07) is 0. The molecular formula is C20H42N+. The molecule has 0 bridgehead atoms. The van der Waals surface area contributed by atoms with Gasteiger partial charge in [0.2, 0.25) is 0 Å². The van der Waals surface area contributed by atoms with Crippen LogP contribution in [0.2, 0.25) is 0 Å². The fourth-order valence-corrected chi connectivity index (χ4v) is 4.45. The molecule has 126 valence electrons. The van der Waals surface area contributed by atoms with E-state index in [2.05, 4.69) is 41.5 Å². The minimum atomic E-state index is 0.528. The number of hydrogen-bond donors (Lipinski definition) is 1. The first-order valence-electron chi connectivity index (χ1n) is 9.70. The smallest absolute Gasteiger partial charge is 0.0796 e. The summed E-state index contributed by atoms with van der Waals surface area (Å²) in [6.07, 6.45) is 10.1. The summed E-state index contributed by atoms with van der Waals surface area (Å²) in [6.45, 7) is 18.6. The minimum Gasteiger partial charge on any atom is -0.335 e. The third kappa shape index (κ3) is 7.17. The van der Waals surface area contributed by atoms with E-state index in [1.165, 1.54) is 64.6 Å². The topological polar surface area (TPSA) is 4.44 Å². The van der Waals surface area contributed by atoms with Crippen LogP contribution in [0.1, 0.15) is 86.5 Å². The lowest BCUT2D eigenvalue weighted by atomic mass is 9.68. The summed E-state index contributed by atoms with van der Waals surface area (Å²) in [7, 11) is 0. The van der Waals surface area contributed by atoms with Crippen LogP contribution < -0.4 is 4.90 Å². The van der Waals surface area contributed by atoms with Crippen LogP contribution >= 0.6 is 0 Å². The van der Waals surface area contributed by atoms with Gasteiger partial charge in [0.05, 0.1) is 19.6 Å². The van der Waals surface area contributed by atoms with Crippen LogP contribution in [0.25, 0.3) is 0 Å². The Morgan fingerprint density at radius 2 is 1.48 bits per heavy atom. The van der Waals surface area contributed by atoms with Gasteiger partial charge in [-0.1, -0.05) is 54.4 Å². The van der Waals surface area contributed by atoms with Gasteiger partial charge in [-0.25, -0.2) is 0 Å². The molecule has 0 heterocycles. The molecule has 0 aromatic carbocycles. The Morgan fingerprint density at radius 1 is 0.952 bits per heavy atom. The summed E-state index contributed by atoms with van der Waals surface area (Å²) < 4.78 is 0. The Balaban J connectivity index is 2.31. The number of hydrogen-bond acceptors (Lipinski definition) is 0. The van der Waals surface area contributed by atoms with E-state index >= 15 is 0 Å². The molecule has 1 nitrogen and oxygen atoms in total. The molecule has 1 heteroatoms. The van der Waals surface area contributed by atoms with E-state index in [9.17, 15) is 0 Å². The molecule has 1 aliphatic carbocycles. The quantitative estimate of drug-likeness (QED) is 0.669. The molecule has 0 amide bonds. The van der Waals surface area contributed by atoms with E-state index in [1.807, 2.05) is 4.90 Å². The zero-order chi connectivity index (χ0) is 15.9. The van der Waals surface area contributed by atoms with Crippen LogP contribution in [-0.2, 0) is 0 Å². The first kappa shape index (κ1) is 19.0. The molecule has 0 radical (unpaired) electrons. The highest BCUT2D eigenvalue weighted by atomic mass is 15.1. The van der Waals surface area contributed by atoms with Crippen LogP contribution in [0.4, 0.5) is 0 Å². The molecule has 21 heavy (non-hydrogen) atoms. The van der Waals surface area contributed by atoms with Crippen LogP contribution in [0.3, 0.4) is 0 Å². The predicted molar refractivity (Wildman–Crippen MR) is 94.8 cm³/mol. The van der Waals surface area contributed by atoms with Crippen LogP contribution in [0.5, 0.6) is 0 Å². The second kappa shape index (κ2) is 9.18. The lowest BCUT2D eigenvalue weighted by Crippen LogP contribution is -3.12. The van der Waals surface area contributed by atoms with Gasteiger partial charge in [-0.3, -0.25) is 0 Å². The molecule has 1 atom stereocenters. The first-order valence-corrected chi connectivity index (χ1v) is 9.70. The number of rotatable bonds is 8. The maximum absolute atomic E-state index is 2.50. The van der Waals surface area contributed by atoms with Gasteiger partial charge in [-0.05, 0) is 49.4 Å². The van der Waals surface area contributed by atoms with Gasteiger partial charge in [0.1, 0.15) is 0 Å². The lowest BCUT2D eigenvalue weighted by molar-refractivity contribution is -0.903. The Hall–Kier alpha value is -0.0400. The normalized spacial score (nSPS) is 25.3. The van der Waals surface area contributed by atoms with Crippen molar-refractivity contribution in [3.05, 3.63) is 0 Å². The van der Waals surface area contributed by atoms with Crippen molar-refractivity contribution >= 4 is 0 Å². The molecule has 1 fully saturated rings. The highest BCUT2D eigenvalue weighted by molar-refractivity contribution is 4.81. The van der Waals surface area contributed by atoms with Crippen molar-refractivity contribution in [3.63, 3.8) is 0 Å². The van der Waals surface area contributed by atoms with E-state index in [0.717, 1.165) is 17.8 Å². The zero-order valence-corrected chi connectivity index (χ0v) is 15.8. The summed E-state index contributed by atoms with van der Waals surface area (Å²) in [5.41, 5.74) is 0.528. The van der Waals surface area contributed by atoms with Crippen molar-refractivity contribution in [3.8, 4) is 0 Å². The fraction of sp³-hybridized carbons (Fsp3) is 1.00. The average molecular weight is 297 g/mol. The molecule has 0 aromatic heterocycles. The van der Waals surface area contributed by atoms with Gasteiger partial charge < -0.3 is 4.90 Å². The molecule has 1 N–H and O–H groups in total. The molecule has 1 rings (SSSR count). The van der Waals surface area contributed by atoms with Gasteiger partial charge in [0.25, 0.3) is 0 Å². The molecule has 1 saturated carbocycles. The first-order chi connectivity index (χ1) is 9.86. The van der Waals surface area contributed by atoms with E-state index in [0.29, 0.717) is 5.41 Å².